The molecule has 0 aliphatic heterocycles. The van der Waals surface area contributed by atoms with Gasteiger partial charge in [-0.25, -0.2) is 0 Å². The van der Waals surface area contributed by atoms with Crippen molar-refractivity contribution in [3.8, 4) is 5.75 Å². The smallest absolute Gasteiger partial charge is 0.261 e. The fraction of sp³-hybridized carbons (Fsp3) is 0.364. The Morgan fingerprint density at radius 3 is 2.52 bits per heavy atom. The molecule has 0 bridgehead atoms. The van der Waals surface area contributed by atoms with E-state index in [9.17, 15) is 9.59 Å². The van der Waals surface area contributed by atoms with E-state index >= 15 is 0 Å². The molecule has 5 nitrogen and oxygen atoms in total. The summed E-state index contributed by atoms with van der Waals surface area (Å²) in [5, 5.41) is 3.33. The van der Waals surface area contributed by atoms with Crippen LogP contribution in [0.4, 0.5) is 0 Å². The van der Waals surface area contributed by atoms with Crippen molar-refractivity contribution in [3.05, 3.63) is 63.6 Å². The number of ether oxygens (including phenoxy) is 1. The van der Waals surface area contributed by atoms with Crippen molar-refractivity contribution in [1.82, 2.24) is 10.2 Å². The molecule has 2 rings (SSSR count). The molecule has 1 atom stereocenters. The van der Waals surface area contributed by atoms with Gasteiger partial charge in [-0.05, 0) is 43.2 Å². The highest BCUT2D eigenvalue weighted by molar-refractivity contribution is 9.10. The maximum absolute atomic E-state index is 12.9. The summed E-state index contributed by atoms with van der Waals surface area (Å²) in [6.45, 7) is 4.49. The molecule has 7 heteroatoms. The summed E-state index contributed by atoms with van der Waals surface area (Å²) < 4.78 is 6.55. The predicted octanol–water partition coefficient (Wildman–Crippen LogP) is 4.81. The third-order valence-corrected chi connectivity index (χ3v) is 5.29. The fourth-order valence-electron chi connectivity index (χ4n) is 2.69. The van der Waals surface area contributed by atoms with E-state index in [4.69, 9.17) is 16.3 Å². The summed E-state index contributed by atoms with van der Waals surface area (Å²) in [6, 6.07) is 14.0. The molecule has 0 saturated carbocycles. The number of hydrogen-bond donors (Lipinski definition) is 1. The Hall–Kier alpha value is -2.05. The van der Waals surface area contributed by atoms with E-state index in [0.29, 0.717) is 23.9 Å². The third kappa shape index (κ3) is 7.37. The number of unbranched alkanes of at least 4 members (excludes halogenated alkanes) is 1. The van der Waals surface area contributed by atoms with Crippen molar-refractivity contribution in [1.29, 1.82) is 0 Å². The van der Waals surface area contributed by atoms with Gasteiger partial charge in [-0.3, -0.25) is 9.59 Å². The van der Waals surface area contributed by atoms with E-state index in [0.717, 1.165) is 22.9 Å². The predicted molar refractivity (Wildman–Crippen MR) is 119 cm³/mol. The van der Waals surface area contributed by atoms with Crippen molar-refractivity contribution in [2.75, 3.05) is 13.2 Å². The quantitative estimate of drug-likeness (QED) is 0.495. The Labute approximate surface area is 185 Å². The zero-order chi connectivity index (χ0) is 21.2. The zero-order valence-corrected chi connectivity index (χ0v) is 19.0. The second-order valence-corrected chi connectivity index (χ2v) is 8.01. The maximum atomic E-state index is 12.9. The van der Waals surface area contributed by atoms with Crippen LogP contribution in [-0.4, -0.2) is 35.9 Å². The summed E-state index contributed by atoms with van der Waals surface area (Å²) >= 11 is 9.51. The minimum atomic E-state index is -0.627. The first-order valence-electron chi connectivity index (χ1n) is 9.61. The Kier molecular flexibility index (Phi) is 9.48. The van der Waals surface area contributed by atoms with Crippen LogP contribution in [0.25, 0.3) is 0 Å². The van der Waals surface area contributed by atoms with Crippen LogP contribution in [0, 0.1) is 0 Å². The molecule has 1 N–H and O–H groups in total. The minimum Gasteiger partial charge on any atom is -0.482 e. The van der Waals surface area contributed by atoms with Gasteiger partial charge in [-0.15, -0.1) is 0 Å². The molecule has 0 fully saturated rings. The van der Waals surface area contributed by atoms with Gasteiger partial charge in [0.05, 0.1) is 5.02 Å². The molecule has 2 aromatic carbocycles. The molecular weight excluding hydrogens is 456 g/mol. The van der Waals surface area contributed by atoms with Crippen molar-refractivity contribution in [2.24, 2.45) is 0 Å². The number of hydrogen-bond acceptors (Lipinski definition) is 3. The van der Waals surface area contributed by atoms with Gasteiger partial charge in [0.15, 0.2) is 6.61 Å². The van der Waals surface area contributed by atoms with Gasteiger partial charge in [-0.1, -0.05) is 65.1 Å². The highest BCUT2D eigenvalue weighted by Crippen LogP contribution is 2.23. The Bertz CT molecular complexity index is 814. The molecule has 0 aliphatic rings. The van der Waals surface area contributed by atoms with Gasteiger partial charge in [0.1, 0.15) is 11.8 Å². The molecule has 0 spiro atoms. The monoisotopic (exact) mass is 480 g/mol. The summed E-state index contributed by atoms with van der Waals surface area (Å²) in [5.74, 6) is -0.0289. The Morgan fingerprint density at radius 1 is 1.17 bits per heavy atom. The normalized spacial score (nSPS) is 11.6. The van der Waals surface area contributed by atoms with Crippen LogP contribution >= 0.6 is 27.5 Å². The van der Waals surface area contributed by atoms with Crippen LogP contribution in [0.5, 0.6) is 5.75 Å². The molecule has 29 heavy (non-hydrogen) atoms. The highest BCUT2D eigenvalue weighted by atomic mass is 79.9. The lowest BCUT2D eigenvalue weighted by Gasteiger charge is -2.29. The second-order valence-electron chi connectivity index (χ2n) is 6.69. The van der Waals surface area contributed by atoms with Gasteiger partial charge in [0, 0.05) is 17.6 Å². The van der Waals surface area contributed by atoms with E-state index in [-0.39, 0.29) is 18.4 Å². The second kappa shape index (κ2) is 11.8. The largest absolute Gasteiger partial charge is 0.482 e. The van der Waals surface area contributed by atoms with Crippen molar-refractivity contribution < 1.29 is 14.3 Å². The molecule has 0 heterocycles. The van der Waals surface area contributed by atoms with Crippen LogP contribution in [0.3, 0.4) is 0 Å². The number of carbonyl (C=O) groups is 2. The lowest BCUT2D eigenvalue weighted by atomic mass is 10.1. The first-order valence-corrected chi connectivity index (χ1v) is 10.8. The van der Waals surface area contributed by atoms with Crippen LogP contribution in [0.1, 0.15) is 32.3 Å². The lowest BCUT2D eigenvalue weighted by molar-refractivity contribution is -0.142. The number of para-hydroxylation sites is 1. The molecule has 0 aliphatic carbocycles. The number of amides is 2. The number of rotatable bonds is 10. The third-order valence-electron chi connectivity index (χ3n) is 4.45. The van der Waals surface area contributed by atoms with E-state index in [2.05, 4.69) is 28.2 Å². The number of benzene rings is 2. The summed E-state index contributed by atoms with van der Waals surface area (Å²) in [7, 11) is 0. The summed E-state index contributed by atoms with van der Waals surface area (Å²) in [4.78, 5) is 27.0. The molecule has 0 radical (unpaired) electrons. The first-order chi connectivity index (χ1) is 13.9. The van der Waals surface area contributed by atoms with E-state index < -0.39 is 6.04 Å². The topological polar surface area (TPSA) is 58.6 Å². The lowest BCUT2D eigenvalue weighted by Crippen LogP contribution is -2.49. The van der Waals surface area contributed by atoms with Crippen LogP contribution < -0.4 is 10.1 Å². The zero-order valence-electron chi connectivity index (χ0n) is 16.7. The van der Waals surface area contributed by atoms with Gasteiger partial charge in [-0.2, -0.15) is 0 Å². The number of nitrogens with one attached hydrogen (secondary N) is 1. The number of halogens is 2. The van der Waals surface area contributed by atoms with Crippen molar-refractivity contribution in [2.45, 2.75) is 39.3 Å². The Morgan fingerprint density at radius 2 is 1.86 bits per heavy atom. The molecule has 156 valence electrons. The van der Waals surface area contributed by atoms with Crippen molar-refractivity contribution >= 4 is 39.3 Å². The van der Waals surface area contributed by atoms with Crippen LogP contribution in [0.2, 0.25) is 5.02 Å². The minimum absolute atomic E-state index is 0.179. The van der Waals surface area contributed by atoms with Crippen molar-refractivity contribution in [3.63, 3.8) is 0 Å². The molecule has 0 aromatic heterocycles. The Balaban J connectivity index is 2.11. The SMILES string of the molecule is CCCCNC(=O)C(C)N(Cc1ccc(Br)cc1)C(=O)COc1ccccc1Cl. The van der Waals surface area contributed by atoms with Gasteiger partial charge < -0.3 is 15.0 Å². The molecule has 1 unspecified atom stereocenters. The van der Waals surface area contributed by atoms with Gasteiger partial charge in [0.2, 0.25) is 5.91 Å². The summed E-state index contributed by atoms with van der Waals surface area (Å²) in [6.07, 6.45) is 1.89. The van der Waals surface area contributed by atoms with Gasteiger partial charge in [0.25, 0.3) is 5.91 Å². The van der Waals surface area contributed by atoms with Crippen LogP contribution in [-0.2, 0) is 16.1 Å². The summed E-state index contributed by atoms with van der Waals surface area (Å²) in [5.41, 5.74) is 0.924. The molecule has 0 saturated heterocycles. The van der Waals surface area contributed by atoms with E-state index in [1.54, 1.807) is 31.2 Å². The number of nitrogens with zero attached hydrogens (tertiary/aromatic N) is 1. The van der Waals surface area contributed by atoms with E-state index in [1.807, 2.05) is 24.3 Å². The molecule has 2 aromatic rings. The first kappa shape index (κ1) is 23.2. The maximum Gasteiger partial charge on any atom is 0.261 e. The highest BCUT2D eigenvalue weighted by Gasteiger charge is 2.26. The average Bonchev–Trinajstić information content (AvgIpc) is 2.72. The van der Waals surface area contributed by atoms with E-state index in [1.165, 1.54) is 4.90 Å². The molecular formula is C22H26BrClN2O3. The molecule has 2 amide bonds. The average molecular weight is 482 g/mol. The fourth-order valence-corrected chi connectivity index (χ4v) is 3.14. The van der Waals surface area contributed by atoms with Crippen LogP contribution in [0.15, 0.2) is 53.0 Å². The van der Waals surface area contributed by atoms with Gasteiger partial charge >= 0.3 is 0 Å². The number of carbonyl (C=O) groups excluding carboxylic acids is 2. The standard InChI is InChI=1S/C22H26BrClN2O3/c1-3-4-13-25-22(28)16(2)26(14-17-9-11-18(23)12-10-17)21(27)15-29-20-8-6-5-7-19(20)24/h5-12,16H,3-4,13-15H2,1-2H3,(H,25,28).